The largest absolute Gasteiger partial charge is 0.309 e. The molecule has 84 heavy (non-hydrogen) atoms. The van der Waals surface area contributed by atoms with Gasteiger partial charge in [-0.05, 0) is 155 Å². The topological polar surface area (TPSA) is 19.7 Å². The van der Waals surface area contributed by atoms with E-state index in [1.807, 2.05) is 0 Å². The summed E-state index contributed by atoms with van der Waals surface area (Å²) < 4.78 is 9.48. The molecule has 4 aromatic heterocycles. The van der Waals surface area contributed by atoms with Crippen LogP contribution in [-0.2, 0) is 0 Å². The molecule has 0 aliphatic rings. The molecule has 0 aliphatic carbocycles. The SMILES string of the molecule is C.C.c1ccc(-n2c3ccccc3c3cc(-c4cccc(-c5ccc6c(c5)c5ccccc5n6-c5ccccc5)c4)ccc32)cc1.c1ccc(-n2c3ccccc3c3cc(-c4cccc(-n5c6ccccc6c6ccccc65)c4)ccc32)cc1. The zero-order chi connectivity index (χ0) is 54.1. The van der Waals surface area contributed by atoms with Gasteiger partial charge in [0.2, 0.25) is 0 Å². The normalized spacial score (nSPS) is 11.4. The minimum atomic E-state index is 0. The highest BCUT2D eigenvalue weighted by Crippen LogP contribution is 2.40. The first kappa shape index (κ1) is 51.2. The summed E-state index contributed by atoms with van der Waals surface area (Å²) in [5.74, 6) is 0. The minimum Gasteiger partial charge on any atom is -0.309 e. The van der Waals surface area contributed by atoms with Crippen molar-refractivity contribution in [3.63, 3.8) is 0 Å². The van der Waals surface area contributed by atoms with E-state index in [1.165, 1.54) is 143 Å². The first-order valence-corrected chi connectivity index (χ1v) is 28.2. The molecule has 4 heteroatoms. The molecule has 17 aromatic rings. The standard InChI is InChI=1S/C42H28N2.C36H24N2.2CH4/c1-3-14-33(15-4-1)43-39-20-9-7-18-35(39)37-27-31(22-24-41(37)43)29-12-11-13-30(26-29)32-23-25-42-38(28-32)36-19-8-10-21-40(36)44(42)34-16-5-2-6-17-34;1-2-12-27(13-3-1)37-35-20-9-6-17-31(35)32-24-26(21-22-36(32)37)25-11-10-14-28(23-25)38-33-18-7-4-15-29(33)30-16-5-8-19-34(30)38;;/h1-28H;1-24H;2*1H4. The van der Waals surface area contributed by atoms with E-state index in [4.69, 9.17) is 0 Å². The van der Waals surface area contributed by atoms with Gasteiger partial charge in [-0.3, -0.25) is 0 Å². The Morgan fingerprint density at radius 2 is 0.369 bits per heavy atom. The summed E-state index contributed by atoms with van der Waals surface area (Å²) in [6.45, 7) is 0. The van der Waals surface area contributed by atoms with Gasteiger partial charge >= 0.3 is 0 Å². The third kappa shape index (κ3) is 8.46. The lowest BCUT2D eigenvalue weighted by Gasteiger charge is -2.11. The lowest BCUT2D eigenvalue weighted by atomic mass is 9.97. The third-order valence-corrected chi connectivity index (χ3v) is 16.6. The van der Waals surface area contributed by atoms with Crippen LogP contribution < -0.4 is 0 Å². The quantitative estimate of drug-likeness (QED) is 0.152. The van der Waals surface area contributed by atoms with Crippen molar-refractivity contribution in [3.8, 4) is 56.1 Å². The van der Waals surface area contributed by atoms with E-state index in [0.717, 1.165) is 0 Å². The molecule has 0 atom stereocenters. The monoisotopic (exact) mass is 1080 g/mol. The lowest BCUT2D eigenvalue weighted by Crippen LogP contribution is -1.94. The molecule has 400 valence electrons. The zero-order valence-electron chi connectivity index (χ0n) is 44.8. The Morgan fingerprint density at radius 1 is 0.143 bits per heavy atom. The van der Waals surface area contributed by atoms with Crippen LogP contribution in [-0.4, -0.2) is 18.3 Å². The number of fused-ring (bicyclic) bond motifs is 12. The molecular formula is C80H60N4. The van der Waals surface area contributed by atoms with Crippen molar-refractivity contribution in [2.75, 3.05) is 0 Å². The van der Waals surface area contributed by atoms with E-state index < -0.39 is 0 Å². The van der Waals surface area contributed by atoms with E-state index >= 15 is 0 Å². The molecule has 0 fully saturated rings. The van der Waals surface area contributed by atoms with Gasteiger partial charge in [-0.2, -0.15) is 0 Å². The number of hydrogen-bond donors (Lipinski definition) is 0. The van der Waals surface area contributed by atoms with Crippen LogP contribution in [0.15, 0.2) is 315 Å². The van der Waals surface area contributed by atoms with Gasteiger partial charge in [0.25, 0.3) is 0 Å². The molecule has 0 unspecified atom stereocenters. The molecule has 0 bridgehead atoms. The van der Waals surface area contributed by atoms with E-state index in [-0.39, 0.29) is 14.9 Å². The highest BCUT2D eigenvalue weighted by molar-refractivity contribution is 6.13. The Hall–Kier alpha value is -10.9. The second kappa shape index (κ2) is 21.2. The summed E-state index contributed by atoms with van der Waals surface area (Å²) in [6, 6.07) is 114. The number of aromatic nitrogens is 4. The van der Waals surface area contributed by atoms with Crippen LogP contribution in [0.2, 0.25) is 0 Å². The first-order valence-electron chi connectivity index (χ1n) is 28.2. The Labute approximate surface area is 489 Å². The van der Waals surface area contributed by atoms with E-state index in [1.54, 1.807) is 0 Å². The lowest BCUT2D eigenvalue weighted by molar-refractivity contribution is 1.18. The number of hydrogen-bond acceptors (Lipinski definition) is 0. The van der Waals surface area contributed by atoms with Gasteiger partial charge in [0.05, 0.1) is 44.1 Å². The molecule has 0 saturated carbocycles. The molecule has 0 radical (unpaired) electrons. The maximum atomic E-state index is 2.38. The summed E-state index contributed by atoms with van der Waals surface area (Å²) in [4.78, 5) is 0. The molecule has 0 N–H and O–H groups in total. The van der Waals surface area contributed by atoms with E-state index in [9.17, 15) is 0 Å². The molecule has 17 rings (SSSR count). The van der Waals surface area contributed by atoms with Crippen molar-refractivity contribution < 1.29 is 0 Å². The average molecular weight is 1080 g/mol. The van der Waals surface area contributed by atoms with Crippen LogP contribution in [0.1, 0.15) is 14.9 Å². The van der Waals surface area contributed by atoms with Crippen LogP contribution >= 0.6 is 0 Å². The Morgan fingerprint density at radius 3 is 0.702 bits per heavy atom. The van der Waals surface area contributed by atoms with Crippen LogP contribution in [0.4, 0.5) is 0 Å². The first-order chi connectivity index (χ1) is 40.7. The highest BCUT2D eigenvalue weighted by atomic mass is 15.0. The van der Waals surface area contributed by atoms with Crippen molar-refractivity contribution in [2.45, 2.75) is 14.9 Å². The number of nitrogens with zero attached hydrogens (tertiary/aromatic N) is 4. The van der Waals surface area contributed by atoms with Crippen molar-refractivity contribution >= 4 is 87.2 Å². The van der Waals surface area contributed by atoms with Crippen molar-refractivity contribution in [1.29, 1.82) is 0 Å². The van der Waals surface area contributed by atoms with Gasteiger partial charge in [0.15, 0.2) is 0 Å². The highest BCUT2D eigenvalue weighted by Gasteiger charge is 2.18. The van der Waals surface area contributed by atoms with Gasteiger partial charge in [-0.15, -0.1) is 0 Å². The second-order valence-corrected chi connectivity index (χ2v) is 21.3. The van der Waals surface area contributed by atoms with Gasteiger partial charge in [0, 0.05) is 65.8 Å². The van der Waals surface area contributed by atoms with Crippen LogP contribution in [0.3, 0.4) is 0 Å². The number of para-hydroxylation sites is 8. The summed E-state index contributed by atoms with van der Waals surface area (Å²) >= 11 is 0. The predicted octanol–water partition coefficient (Wildman–Crippen LogP) is 22.0. The van der Waals surface area contributed by atoms with Crippen LogP contribution in [0.5, 0.6) is 0 Å². The fourth-order valence-electron chi connectivity index (χ4n) is 12.9. The summed E-state index contributed by atoms with van der Waals surface area (Å²) in [5, 5.41) is 10.2. The van der Waals surface area contributed by atoms with Crippen molar-refractivity contribution in [1.82, 2.24) is 18.3 Å². The molecule has 13 aromatic carbocycles. The molecule has 0 aliphatic heterocycles. The summed E-state index contributed by atoms with van der Waals surface area (Å²) in [6.07, 6.45) is 0. The van der Waals surface area contributed by atoms with Gasteiger partial charge in [-0.25, -0.2) is 0 Å². The number of rotatable bonds is 7. The van der Waals surface area contributed by atoms with Gasteiger partial charge in [-0.1, -0.05) is 209 Å². The summed E-state index contributed by atoms with van der Waals surface area (Å²) in [7, 11) is 0. The fourth-order valence-corrected chi connectivity index (χ4v) is 12.9. The average Bonchev–Trinajstić information content (AvgIpc) is 3.18. The van der Waals surface area contributed by atoms with E-state index in [0.29, 0.717) is 0 Å². The Balaban J connectivity index is 0.000000147. The zero-order valence-corrected chi connectivity index (χ0v) is 44.8. The second-order valence-electron chi connectivity index (χ2n) is 21.3. The van der Waals surface area contributed by atoms with Crippen molar-refractivity contribution in [3.05, 3.63) is 315 Å². The molecular weight excluding hydrogens is 1020 g/mol. The molecule has 0 spiro atoms. The molecule has 0 saturated heterocycles. The van der Waals surface area contributed by atoms with Crippen molar-refractivity contribution in [2.24, 2.45) is 0 Å². The minimum absolute atomic E-state index is 0. The van der Waals surface area contributed by atoms with Gasteiger partial charge < -0.3 is 18.3 Å². The fraction of sp³-hybridized carbons (Fsp3) is 0.0250. The molecule has 4 heterocycles. The number of benzene rings is 13. The Bertz CT molecular complexity index is 5040. The van der Waals surface area contributed by atoms with Crippen LogP contribution in [0, 0.1) is 0 Å². The molecule has 0 amide bonds. The summed E-state index contributed by atoms with van der Waals surface area (Å²) in [5.41, 5.74) is 21.8. The predicted molar refractivity (Wildman–Crippen MR) is 360 cm³/mol. The molecule has 4 nitrogen and oxygen atoms in total. The van der Waals surface area contributed by atoms with Gasteiger partial charge in [0.1, 0.15) is 0 Å². The third-order valence-electron chi connectivity index (χ3n) is 16.6. The smallest absolute Gasteiger partial charge is 0.0541 e. The van der Waals surface area contributed by atoms with E-state index in [2.05, 4.69) is 334 Å². The maximum Gasteiger partial charge on any atom is 0.0541 e. The Kier molecular flexibility index (Phi) is 12.9. The van der Waals surface area contributed by atoms with Crippen LogP contribution in [0.25, 0.3) is 143 Å². The maximum absolute atomic E-state index is 2.38.